The molecular formula is C17H25N5O2. The molecule has 1 aromatic heterocycles. The van der Waals surface area contributed by atoms with E-state index in [0.717, 1.165) is 39.1 Å². The molecule has 0 radical (unpaired) electrons. The number of carbonyl (C=O) groups is 2. The van der Waals surface area contributed by atoms with Crippen LogP contribution in [0.25, 0.3) is 0 Å². The van der Waals surface area contributed by atoms with E-state index in [4.69, 9.17) is 0 Å². The highest BCUT2D eigenvalue weighted by Gasteiger charge is 2.36. The zero-order chi connectivity index (χ0) is 16.9. The lowest BCUT2D eigenvalue weighted by atomic mass is 10.2. The third-order valence-corrected chi connectivity index (χ3v) is 4.81. The van der Waals surface area contributed by atoms with Crippen molar-refractivity contribution in [1.82, 2.24) is 25.0 Å². The lowest BCUT2D eigenvalue weighted by Crippen LogP contribution is -2.51. The van der Waals surface area contributed by atoms with Gasteiger partial charge in [0.15, 0.2) is 0 Å². The van der Waals surface area contributed by atoms with Crippen LogP contribution < -0.4 is 5.32 Å². The quantitative estimate of drug-likeness (QED) is 0.799. The number of hydrogen-bond acceptors (Lipinski definition) is 5. The molecule has 7 nitrogen and oxygen atoms in total. The first kappa shape index (κ1) is 16.9. The fourth-order valence-electron chi connectivity index (χ4n) is 3.31. The van der Waals surface area contributed by atoms with Crippen molar-refractivity contribution in [2.24, 2.45) is 0 Å². The molecule has 1 aromatic rings. The number of pyridine rings is 1. The van der Waals surface area contributed by atoms with Gasteiger partial charge in [0.25, 0.3) is 5.91 Å². The average molecular weight is 331 g/mol. The molecule has 3 heterocycles. The second-order valence-electron chi connectivity index (χ2n) is 6.44. The molecule has 0 spiro atoms. The van der Waals surface area contributed by atoms with Gasteiger partial charge in [-0.25, -0.2) is 0 Å². The van der Waals surface area contributed by atoms with Gasteiger partial charge >= 0.3 is 0 Å². The number of piperazine rings is 1. The highest BCUT2D eigenvalue weighted by molar-refractivity contribution is 5.92. The summed E-state index contributed by atoms with van der Waals surface area (Å²) in [4.78, 5) is 35.0. The van der Waals surface area contributed by atoms with Crippen LogP contribution in [0.3, 0.4) is 0 Å². The van der Waals surface area contributed by atoms with Gasteiger partial charge in [0.2, 0.25) is 5.91 Å². The fourth-order valence-corrected chi connectivity index (χ4v) is 3.31. The molecule has 0 bridgehead atoms. The van der Waals surface area contributed by atoms with Gasteiger partial charge in [-0.05, 0) is 25.6 Å². The number of likely N-dealkylation sites (N-methyl/N-ethyl adjacent to an activating group) is 1. The van der Waals surface area contributed by atoms with E-state index in [2.05, 4.69) is 27.1 Å². The molecule has 7 heteroatoms. The zero-order valence-electron chi connectivity index (χ0n) is 14.1. The molecular weight excluding hydrogens is 306 g/mol. The topological polar surface area (TPSA) is 68.8 Å². The number of aromatic nitrogens is 1. The van der Waals surface area contributed by atoms with Crippen LogP contribution in [-0.4, -0.2) is 90.4 Å². The molecule has 1 N–H and O–H groups in total. The molecule has 2 saturated heterocycles. The predicted molar refractivity (Wildman–Crippen MR) is 90.6 cm³/mol. The molecule has 0 aliphatic carbocycles. The van der Waals surface area contributed by atoms with E-state index in [1.165, 1.54) is 0 Å². The Morgan fingerprint density at radius 2 is 2.04 bits per heavy atom. The molecule has 2 aliphatic rings. The summed E-state index contributed by atoms with van der Waals surface area (Å²) in [5, 5.41) is 2.83. The third kappa shape index (κ3) is 3.91. The maximum atomic E-state index is 12.6. The summed E-state index contributed by atoms with van der Waals surface area (Å²) in [6.07, 6.45) is 2.48. The van der Waals surface area contributed by atoms with Gasteiger partial charge in [0, 0.05) is 52.0 Å². The first-order chi connectivity index (χ1) is 11.6. The van der Waals surface area contributed by atoms with Crippen molar-refractivity contribution < 1.29 is 9.59 Å². The van der Waals surface area contributed by atoms with E-state index in [-0.39, 0.29) is 17.9 Å². The molecule has 130 valence electrons. The Kier molecular flexibility index (Phi) is 5.42. The Morgan fingerprint density at radius 1 is 1.25 bits per heavy atom. The minimum absolute atomic E-state index is 0.0187. The van der Waals surface area contributed by atoms with Gasteiger partial charge < -0.3 is 15.1 Å². The first-order valence-corrected chi connectivity index (χ1v) is 8.56. The molecule has 24 heavy (non-hydrogen) atoms. The standard InChI is InChI=1S/C17H25N5O2/c1-20-10-12-21(13-11-20)15-5-8-22(17(15)24)9-7-19-16(23)14-4-2-3-6-18-14/h2-4,6,15H,5,7-13H2,1H3,(H,19,23). The number of nitrogens with one attached hydrogen (secondary N) is 1. The molecule has 2 fully saturated rings. The van der Waals surface area contributed by atoms with Gasteiger partial charge in [-0.1, -0.05) is 6.07 Å². The Balaban J connectivity index is 1.44. The van der Waals surface area contributed by atoms with Crippen LogP contribution in [0.4, 0.5) is 0 Å². The van der Waals surface area contributed by atoms with Crippen LogP contribution in [0.5, 0.6) is 0 Å². The Bertz CT molecular complexity index is 572. The maximum Gasteiger partial charge on any atom is 0.269 e. The van der Waals surface area contributed by atoms with Crippen molar-refractivity contribution in [1.29, 1.82) is 0 Å². The molecule has 2 amide bonds. The van der Waals surface area contributed by atoms with E-state index < -0.39 is 0 Å². The minimum Gasteiger partial charge on any atom is -0.349 e. The van der Waals surface area contributed by atoms with Crippen molar-refractivity contribution >= 4 is 11.8 Å². The molecule has 0 saturated carbocycles. The molecule has 0 aromatic carbocycles. The zero-order valence-corrected chi connectivity index (χ0v) is 14.1. The minimum atomic E-state index is -0.196. The smallest absolute Gasteiger partial charge is 0.269 e. The molecule has 1 unspecified atom stereocenters. The van der Waals surface area contributed by atoms with Gasteiger partial charge in [0.05, 0.1) is 6.04 Å². The maximum absolute atomic E-state index is 12.6. The summed E-state index contributed by atoms with van der Waals surface area (Å²) in [5.41, 5.74) is 0.403. The summed E-state index contributed by atoms with van der Waals surface area (Å²) >= 11 is 0. The second kappa shape index (κ2) is 7.72. The summed E-state index contributed by atoms with van der Waals surface area (Å²) in [7, 11) is 2.12. The van der Waals surface area contributed by atoms with Crippen molar-refractivity contribution in [2.45, 2.75) is 12.5 Å². The van der Waals surface area contributed by atoms with Gasteiger partial charge in [-0.15, -0.1) is 0 Å². The van der Waals surface area contributed by atoms with Crippen LogP contribution in [-0.2, 0) is 4.79 Å². The summed E-state index contributed by atoms with van der Waals surface area (Å²) in [6, 6.07) is 5.26. The number of carbonyl (C=O) groups excluding carboxylic acids is 2. The Hall–Kier alpha value is -1.99. The number of rotatable bonds is 5. The van der Waals surface area contributed by atoms with E-state index in [9.17, 15) is 9.59 Å². The molecule has 3 rings (SSSR count). The van der Waals surface area contributed by atoms with E-state index >= 15 is 0 Å². The summed E-state index contributed by atoms with van der Waals surface area (Å²) in [6.45, 7) is 5.73. The number of likely N-dealkylation sites (tertiary alicyclic amines) is 1. The van der Waals surface area contributed by atoms with Crippen molar-refractivity contribution in [3.63, 3.8) is 0 Å². The first-order valence-electron chi connectivity index (χ1n) is 8.56. The van der Waals surface area contributed by atoms with E-state index in [1.54, 1.807) is 24.4 Å². The number of nitrogens with zero attached hydrogens (tertiary/aromatic N) is 4. The van der Waals surface area contributed by atoms with Crippen molar-refractivity contribution in [3.05, 3.63) is 30.1 Å². The lowest BCUT2D eigenvalue weighted by Gasteiger charge is -2.35. The van der Waals surface area contributed by atoms with Gasteiger partial charge in [-0.2, -0.15) is 0 Å². The van der Waals surface area contributed by atoms with Crippen molar-refractivity contribution in [3.8, 4) is 0 Å². The SMILES string of the molecule is CN1CCN(C2CCN(CCNC(=O)c3ccccn3)C2=O)CC1. The third-order valence-electron chi connectivity index (χ3n) is 4.81. The van der Waals surface area contributed by atoms with E-state index in [0.29, 0.717) is 18.8 Å². The van der Waals surface area contributed by atoms with Crippen LogP contribution in [0.2, 0.25) is 0 Å². The molecule has 1 atom stereocenters. The fraction of sp³-hybridized carbons (Fsp3) is 0.588. The van der Waals surface area contributed by atoms with Crippen LogP contribution in [0, 0.1) is 0 Å². The normalized spacial score (nSPS) is 22.8. The summed E-state index contributed by atoms with van der Waals surface area (Å²) in [5.74, 6) is 0.00417. The van der Waals surface area contributed by atoms with Crippen LogP contribution in [0.1, 0.15) is 16.9 Å². The van der Waals surface area contributed by atoms with Gasteiger partial charge in [-0.3, -0.25) is 19.5 Å². The second-order valence-corrected chi connectivity index (χ2v) is 6.44. The lowest BCUT2D eigenvalue weighted by molar-refractivity contribution is -0.132. The number of amides is 2. The van der Waals surface area contributed by atoms with Crippen LogP contribution in [0.15, 0.2) is 24.4 Å². The van der Waals surface area contributed by atoms with Crippen LogP contribution >= 0.6 is 0 Å². The van der Waals surface area contributed by atoms with Crippen molar-refractivity contribution in [2.75, 3.05) is 52.9 Å². The van der Waals surface area contributed by atoms with Gasteiger partial charge in [0.1, 0.15) is 5.69 Å². The highest BCUT2D eigenvalue weighted by Crippen LogP contribution is 2.18. The molecule has 2 aliphatic heterocycles. The Labute approximate surface area is 142 Å². The Morgan fingerprint density at radius 3 is 2.75 bits per heavy atom. The highest BCUT2D eigenvalue weighted by atomic mass is 16.2. The predicted octanol–water partition coefficient (Wildman–Crippen LogP) is -0.340. The summed E-state index contributed by atoms with van der Waals surface area (Å²) < 4.78 is 0. The largest absolute Gasteiger partial charge is 0.349 e. The average Bonchev–Trinajstić information content (AvgIpc) is 2.97. The monoisotopic (exact) mass is 331 g/mol. The van der Waals surface area contributed by atoms with E-state index in [1.807, 2.05) is 4.90 Å². The number of hydrogen-bond donors (Lipinski definition) is 1.